The average Bonchev–Trinajstić information content (AvgIpc) is 2.80. The van der Waals surface area contributed by atoms with Crippen molar-refractivity contribution in [1.29, 1.82) is 0 Å². The first kappa shape index (κ1) is 11.2. The van der Waals surface area contributed by atoms with Gasteiger partial charge in [0.15, 0.2) is 12.0 Å². The van der Waals surface area contributed by atoms with Gasteiger partial charge in [-0.25, -0.2) is 4.98 Å². The summed E-state index contributed by atoms with van der Waals surface area (Å²) in [5.41, 5.74) is 2.06. The fraction of sp³-hybridized carbons (Fsp3) is 0.385. The largest absolute Gasteiger partial charge is 0.443 e. The van der Waals surface area contributed by atoms with Crippen molar-refractivity contribution >= 4 is 17.0 Å². The maximum atomic E-state index is 11.7. The zero-order valence-corrected chi connectivity index (χ0v) is 10.4. The monoisotopic (exact) mass is 245 g/mol. The van der Waals surface area contributed by atoms with Crippen LogP contribution in [0.3, 0.4) is 0 Å². The second-order valence-corrected chi connectivity index (χ2v) is 5.08. The van der Waals surface area contributed by atoms with E-state index in [1.54, 1.807) is 0 Å². The van der Waals surface area contributed by atoms with Gasteiger partial charge in [-0.15, -0.1) is 0 Å². The predicted octanol–water partition coefficient (Wildman–Crippen LogP) is 1.37. The van der Waals surface area contributed by atoms with Gasteiger partial charge in [0.25, 0.3) is 0 Å². The van der Waals surface area contributed by atoms with Gasteiger partial charge in [0.1, 0.15) is 5.52 Å². The molecule has 0 aliphatic carbocycles. The molecule has 18 heavy (non-hydrogen) atoms. The third-order valence-corrected chi connectivity index (χ3v) is 3.33. The van der Waals surface area contributed by atoms with Gasteiger partial charge in [-0.3, -0.25) is 10.1 Å². The lowest BCUT2D eigenvalue weighted by molar-refractivity contribution is -0.128. The quantitative estimate of drug-likeness (QED) is 0.796. The van der Waals surface area contributed by atoms with Crippen molar-refractivity contribution in [2.75, 3.05) is 6.54 Å². The molecule has 1 aromatic carbocycles. The Morgan fingerprint density at radius 2 is 2.28 bits per heavy atom. The first-order valence-corrected chi connectivity index (χ1v) is 5.96. The summed E-state index contributed by atoms with van der Waals surface area (Å²) in [7, 11) is 0. The number of benzene rings is 1. The smallest absolute Gasteiger partial charge is 0.239 e. The Morgan fingerprint density at radius 1 is 1.44 bits per heavy atom. The highest BCUT2D eigenvalue weighted by atomic mass is 16.3. The van der Waals surface area contributed by atoms with E-state index in [0.29, 0.717) is 6.54 Å². The van der Waals surface area contributed by atoms with Gasteiger partial charge in [-0.2, -0.15) is 0 Å². The number of piperazine rings is 1. The Balaban J connectivity index is 2.00. The number of para-hydroxylation sites is 1. The first-order chi connectivity index (χ1) is 8.58. The number of nitrogens with zero attached hydrogens (tertiary/aromatic N) is 1. The zero-order valence-electron chi connectivity index (χ0n) is 10.4. The normalized spacial score (nSPS) is 23.0. The number of carbonyl (C=O) groups is 1. The van der Waals surface area contributed by atoms with E-state index in [-0.39, 0.29) is 11.9 Å². The Hall–Kier alpha value is -1.88. The van der Waals surface area contributed by atoms with Crippen molar-refractivity contribution in [3.05, 3.63) is 30.2 Å². The highest BCUT2D eigenvalue weighted by Gasteiger charge is 2.35. The van der Waals surface area contributed by atoms with E-state index in [0.717, 1.165) is 16.7 Å². The number of amides is 1. The zero-order chi connectivity index (χ0) is 12.8. The van der Waals surface area contributed by atoms with E-state index in [2.05, 4.69) is 15.6 Å². The predicted molar refractivity (Wildman–Crippen MR) is 67.0 cm³/mol. The Kier molecular flexibility index (Phi) is 2.38. The molecule has 1 unspecified atom stereocenters. The van der Waals surface area contributed by atoms with Crippen molar-refractivity contribution in [3.8, 4) is 0 Å². The lowest BCUT2D eigenvalue weighted by atomic mass is 9.95. The van der Waals surface area contributed by atoms with E-state index in [1.807, 2.05) is 32.0 Å². The number of carbonyl (C=O) groups excluding carboxylic acids is 1. The molecule has 2 aromatic rings. The van der Waals surface area contributed by atoms with Crippen LogP contribution in [-0.4, -0.2) is 23.0 Å². The Morgan fingerprint density at radius 3 is 3.06 bits per heavy atom. The summed E-state index contributed by atoms with van der Waals surface area (Å²) in [6, 6.07) is 5.90. The van der Waals surface area contributed by atoms with Gasteiger partial charge in [0, 0.05) is 12.1 Å². The van der Waals surface area contributed by atoms with Crippen LogP contribution >= 0.6 is 0 Å². The summed E-state index contributed by atoms with van der Waals surface area (Å²) < 4.78 is 5.43. The lowest BCUT2D eigenvalue weighted by Gasteiger charge is -2.36. The van der Waals surface area contributed by atoms with Crippen molar-refractivity contribution < 1.29 is 9.21 Å². The second-order valence-electron chi connectivity index (χ2n) is 5.08. The van der Waals surface area contributed by atoms with Crippen LogP contribution in [0.25, 0.3) is 11.1 Å². The summed E-state index contributed by atoms with van der Waals surface area (Å²) in [5.74, 6) is 0.0171. The molecule has 5 heteroatoms. The van der Waals surface area contributed by atoms with E-state index in [1.165, 1.54) is 6.39 Å². The molecule has 1 saturated heterocycles. The fourth-order valence-electron chi connectivity index (χ4n) is 2.34. The first-order valence-electron chi connectivity index (χ1n) is 5.96. The van der Waals surface area contributed by atoms with Crippen LogP contribution in [0.2, 0.25) is 0 Å². The fourth-order valence-corrected chi connectivity index (χ4v) is 2.34. The van der Waals surface area contributed by atoms with Gasteiger partial charge in [-0.05, 0) is 19.9 Å². The molecule has 1 aliphatic heterocycles. The number of hydrogen-bond acceptors (Lipinski definition) is 4. The Bertz CT molecular complexity index is 603. The highest BCUT2D eigenvalue weighted by molar-refractivity contribution is 5.86. The molecule has 2 heterocycles. The van der Waals surface area contributed by atoms with Crippen molar-refractivity contribution in [2.24, 2.45) is 0 Å². The van der Waals surface area contributed by atoms with Crippen LogP contribution in [0.5, 0.6) is 0 Å². The molecule has 0 saturated carbocycles. The molecule has 1 aliphatic rings. The van der Waals surface area contributed by atoms with Gasteiger partial charge >= 0.3 is 0 Å². The minimum Gasteiger partial charge on any atom is -0.443 e. The molecular weight excluding hydrogens is 230 g/mol. The van der Waals surface area contributed by atoms with Gasteiger partial charge < -0.3 is 9.73 Å². The molecule has 5 nitrogen and oxygen atoms in total. The summed E-state index contributed by atoms with van der Waals surface area (Å²) >= 11 is 0. The molecule has 3 rings (SSSR count). The SMILES string of the molecule is CC1(C)NC(c2cccc3ncoc23)CNC1=O. The Labute approximate surface area is 105 Å². The third-order valence-electron chi connectivity index (χ3n) is 3.33. The summed E-state index contributed by atoms with van der Waals surface area (Å²) in [6.07, 6.45) is 1.45. The minimum absolute atomic E-state index is 0.0171. The molecule has 0 radical (unpaired) electrons. The van der Waals surface area contributed by atoms with Gasteiger partial charge in [0.2, 0.25) is 5.91 Å². The van der Waals surface area contributed by atoms with Gasteiger partial charge in [0.05, 0.1) is 11.6 Å². The van der Waals surface area contributed by atoms with Crippen LogP contribution in [-0.2, 0) is 4.79 Å². The van der Waals surface area contributed by atoms with Crippen LogP contribution < -0.4 is 10.6 Å². The number of fused-ring (bicyclic) bond motifs is 1. The molecule has 0 spiro atoms. The summed E-state index contributed by atoms with van der Waals surface area (Å²) in [4.78, 5) is 15.8. The van der Waals surface area contributed by atoms with E-state index in [4.69, 9.17) is 4.42 Å². The maximum Gasteiger partial charge on any atom is 0.239 e. The molecular formula is C13H15N3O2. The van der Waals surface area contributed by atoms with E-state index < -0.39 is 5.54 Å². The van der Waals surface area contributed by atoms with Crippen molar-refractivity contribution in [3.63, 3.8) is 0 Å². The standard InChI is InChI=1S/C13H15N3O2/c1-13(2)12(17)14-6-10(16-13)8-4-3-5-9-11(8)18-7-15-9/h3-5,7,10,16H,6H2,1-2H3,(H,14,17). The van der Waals surface area contributed by atoms with Crippen molar-refractivity contribution in [2.45, 2.75) is 25.4 Å². The average molecular weight is 245 g/mol. The van der Waals surface area contributed by atoms with E-state index >= 15 is 0 Å². The van der Waals surface area contributed by atoms with Gasteiger partial charge in [-0.1, -0.05) is 12.1 Å². The number of aromatic nitrogens is 1. The van der Waals surface area contributed by atoms with Crippen LogP contribution in [0, 0.1) is 0 Å². The highest BCUT2D eigenvalue weighted by Crippen LogP contribution is 2.26. The number of rotatable bonds is 1. The molecule has 1 amide bonds. The number of nitrogens with one attached hydrogen (secondary N) is 2. The minimum atomic E-state index is -0.578. The number of hydrogen-bond donors (Lipinski definition) is 2. The topological polar surface area (TPSA) is 67.2 Å². The van der Waals surface area contributed by atoms with Crippen molar-refractivity contribution in [1.82, 2.24) is 15.6 Å². The molecule has 1 atom stereocenters. The van der Waals surface area contributed by atoms with Crippen LogP contribution in [0.4, 0.5) is 0 Å². The summed E-state index contributed by atoms with van der Waals surface area (Å²) in [5, 5.41) is 6.26. The molecule has 2 N–H and O–H groups in total. The number of oxazole rings is 1. The third kappa shape index (κ3) is 1.67. The molecule has 1 fully saturated rings. The maximum absolute atomic E-state index is 11.7. The van der Waals surface area contributed by atoms with Crippen LogP contribution in [0.15, 0.2) is 29.0 Å². The summed E-state index contributed by atoms with van der Waals surface area (Å²) in [6.45, 7) is 4.30. The molecule has 0 bridgehead atoms. The van der Waals surface area contributed by atoms with E-state index in [9.17, 15) is 4.79 Å². The van der Waals surface area contributed by atoms with Crippen LogP contribution in [0.1, 0.15) is 25.5 Å². The molecule has 94 valence electrons. The second kappa shape index (κ2) is 3.81. The lowest BCUT2D eigenvalue weighted by Crippen LogP contribution is -2.60. The molecule has 1 aromatic heterocycles.